The maximum atomic E-state index is 13.6. The highest BCUT2D eigenvalue weighted by Crippen LogP contribution is 2.49. The molecule has 0 saturated carbocycles. The molecule has 31 heavy (non-hydrogen) atoms. The highest BCUT2D eigenvalue weighted by molar-refractivity contribution is 6.08. The number of hydrogen-bond donors (Lipinski definition) is 1. The number of rotatable bonds is 3. The lowest BCUT2D eigenvalue weighted by molar-refractivity contribution is -0.122. The number of hydrogen-bond acceptors (Lipinski definition) is 4. The molecular weight excluding hydrogens is 394 g/mol. The molecular formula is C24H25N3O4. The van der Waals surface area contributed by atoms with Gasteiger partial charge in [-0.15, -0.1) is 0 Å². The zero-order valence-corrected chi connectivity index (χ0v) is 17.7. The fourth-order valence-corrected chi connectivity index (χ4v) is 5.29. The highest BCUT2D eigenvalue weighted by atomic mass is 16.5. The molecule has 1 saturated heterocycles. The number of carbonyl (C=O) groups excluding carboxylic acids is 3. The third-order valence-corrected chi connectivity index (χ3v) is 6.87. The van der Waals surface area contributed by atoms with Crippen LogP contribution in [0.4, 0.5) is 11.4 Å². The van der Waals surface area contributed by atoms with Crippen LogP contribution in [0.15, 0.2) is 42.5 Å². The Labute approximate surface area is 181 Å². The van der Waals surface area contributed by atoms with Crippen LogP contribution in [0.3, 0.4) is 0 Å². The van der Waals surface area contributed by atoms with Gasteiger partial charge in [0.1, 0.15) is 5.75 Å². The number of nitrogens with one attached hydrogen (secondary N) is 1. The van der Waals surface area contributed by atoms with E-state index in [4.69, 9.17) is 4.74 Å². The fraction of sp³-hybridized carbons (Fsp3) is 0.375. The number of likely N-dealkylation sites (tertiary alicyclic amines) is 1. The Morgan fingerprint density at radius 1 is 1.23 bits per heavy atom. The van der Waals surface area contributed by atoms with Crippen LogP contribution < -0.4 is 15.0 Å². The Morgan fingerprint density at radius 3 is 2.84 bits per heavy atom. The van der Waals surface area contributed by atoms with Crippen molar-refractivity contribution in [2.45, 2.75) is 37.6 Å². The Bertz CT molecular complexity index is 1100. The zero-order chi connectivity index (χ0) is 21.8. The summed E-state index contributed by atoms with van der Waals surface area (Å²) in [6.45, 7) is 2.58. The second kappa shape index (κ2) is 7.11. The van der Waals surface area contributed by atoms with Crippen molar-refractivity contribution in [3.8, 4) is 5.75 Å². The number of carbonyl (C=O) groups is 3. The lowest BCUT2D eigenvalue weighted by atomic mass is 9.73. The predicted octanol–water partition coefficient (Wildman–Crippen LogP) is 2.95. The molecule has 0 aromatic heterocycles. The van der Waals surface area contributed by atoms with Gasteiger partial charge in [0, 0.05) is 24.8 Å². The highest BCUT2D eigenvalue weighted by Gasteiger charge is 2.58. The molecule has 7 heteroatoms. The van der Waals surface area contributed by atoms with Crippen LogP contribution in [0, 0.1) is 0 Å². The van der Waals surface area contributed by atoms with Gasteiger partial charge in [0.25, 0.3) is 11.8 Å². The van der Waals surface area contributed by atoms with Gasteiger partial charge in [-0.25, -0.2) is 0 Å². The van der Waals surface area contributed by atoms with E-state index in [1.165, 1.54) is 4.90 Å². The smallest absolute Gasteiger partial charge is 0.264 e. The van der Waals surface area contributed by atoms with E-state index in [-0.39, 0.29) is 30.4 Å². The normalized spacial score (nSPS) is 24.1. The number of likely N-dealkylation sites (N-methyl/N-ethyl adjacent to an activating group) is 1. The number of benzene rings is 2. The van der Waals surface area contributed by atoms with Gasteiger partial charge in [0.05, 0.1) is 17.1 Å². The maximum absolute atomic E-state index is 13.6. The van der Waals surface area contributed by atoms with Gasteiger partial charge in [-0.05, 0) is 42.7 Å². The van der Waals surface area contributed by atoms with Crippen LogP contribution in [-0.4, -0.2) is 48.9 Å². The number of anilines is 2. The van der Waals surface area contributed by atoms with Crippen molar-refractivity contribution in [2.75, 3.05) is 30.4 Å². The van der Waals surface area contributed by atoms with E-state index in [1.807, 2.05) is 29.2 Å². The standard InChI is InChI=1S/C24H25N3O4/c1-3-6-20-24(16-7-4-5-8-17(16)25-23(24)30)11-12-27(20)22(29)15-9-10-19-18(13-15)26(2)21(28)14-31-19/h4-5,7-10,13,20H,3,6,11-12,14H2,1-2H3,(H,25,30)/t20-,24+/m0/s1. The van der Waals surface area contributed by atoms with Crippen molar-refractivity contribution in [1.82, 2.24) is 4.90 Å². The van der Waals surface area contributed by atoms with E-state index in [9.17, 15) is 14.4 Å². The van der Waals surface area contributed by atoms with Crippen molar-refractivity contribution in [1.29, 1.82) is 0 Å². The van der Waals surface area contributed by atoms with Crippen molar-refractivity contribution >= 4 is 29.1 Å². The van der Waals surface area contributed by atoms with Gasteiger partial charge in [-0.3, -0.25) is 14.4 Å². The zero-order valence-electron chi connectivity index (χ0n) is 17.7. The molecule has 3 aliphatic rings. The summed E-state index contributed by atoms with van der Waals surface area (Å²) in [4.78, 5) is 42.2. The molecule has 0 aliphatic carbocycles. The molecule has 2 aromatic rings. The minimum Gasteiger partial charge on any atom is -0.482 e. The molecule has 2 atom stereocenters. The summed E-state index contributed by atoms with van der Waals surface area (Å²) in [5.41, 5.74) is 2.19. The average Bonchev–Trinajstić information content (AvgIpc) is 3.29. The summed E-state index contributed by atoms with van der Waals surface area (Å²) in [6.07, 6.45) is 2.19. The summed E-state index contributed by atoms with van der Waals surface area (Å²) in [5, 5.41) is 3.03. The Kier molecular flexibility index (Phi) is 4.50. The van der Waals surface area contributed by atoms with E-state index in [0.29, 0.717) is 30.0 Å². The van der Waals surface area contributed by atoms with E-state index in [2.05, 4.69) is 12.2 Å². The first kappa shape index (κ1) is 19.6. The topological polar surface area (TPSA) is 79.0 Å². The first-order valence-electron chi connectivity index (χ1n) is 10.7. The van der Waals surface area contributed by atoms with E-state index < -0.39 is 5.41 Å². The second-order valence-corrected chi connectivity index (χ2v) is 8.45. The molecule has 1 N–H and O–H groups in total. The Hall–Kier alpha value is -3.35. The van der Waals surface area contributed by atoms with Crippen molar-refractivity contribution in [3.63, 3.8) is 0 Å². The van der Waals surface area contributed by atoms with Crippen LogP contribution in [0.1, 0.15) is 42.1 Å². The number of nitrogens with zero attached hydrogens (tertiary/aromatic N) is 2. The molecule has 160 valence electrons. The Balaban J connectivity index is 1.52. The van der Waals surface area contributed by atoms with Crippen LogP contribution in [0.5, 0.6) is 5.75 Å². The first-order chi connectivity index (χ1) is 15.0. The van der Waals surface area contributed by atoms with Crippen molar-refractivity contribution in [3.05, 3.63) is 53.6 Å². The molecule has 3 aliphatic heterocycles. The molecule has 3 amide bonds. The van der Waals surface area contributed by atoms with Gasteiger partial charge < -0.3 is 19.9 Å². The van der Waals surface area contributed by atoms with E-state index in [0.717, 1.165) is 24.1 Å². The first-order valence-corrected chi connectivity index (χ1v) is 10.7. The number of ether oxygens (including phenoxy) is 1. The predicted molar refractivity (Wildman–Crippen MR) is 116 cm³/mol. The lowest BCUT2D eigenvalue weighted by Gasteiger charge is -2.34. The SMILES string of the molecule is CCC[C@@H]1N(C(=O)c2ccc3c(c2)N(C)C(=O)CO3)CC[C@]12C(=O)Nc1ccccc12. The number of para-hydroxylation sites is 1. The maximum Gasteiger partial charge on any atom is 0.264 e. The second-order valence-electron chi connectivity index (χ2n) is 8.45. The molecule has 0 bridgehead atoms. The third kappa shape index (κ3) is 2.76. The molecule has 0 unspecified atom stereocenters. The van der Waals surface area contributed by atoms with E-state index in [1.54, 1.807) is 25.2 Å². The van der Waals surface area contributed by atoms with Crippen LogP contribution >= 0.6 is 0 Å². The van der Waals surface area contributed by atoms with Gasteiger partial charge in [-0.1, -0.05) is 31.5 Å². The van der Waals surface area contributed by atoms with Gasteiger partial charge in [0.2, 0.25) is 5.91 Å². The minimum absolute atomic E-state index is 0.00146. The Morgan fingerprint density at radius 2 is 2.03 bits per heavy atom. The third-order valence-electron chi connectivity index (χ3n) is 6.87. The molecule has 0 radical (unpaired) electrons. The van der Waals surface area contributed by atoms with E-state index >= 15 is 0 Å². The van der Waals surface area contributed by atoms with Crippen LogP contribution in [0.2, 0.25) is 0 Å². The van der Waals surface area contributed by atoms with Gasteiger partial charge in [-0.2, -0.15) is 0 Å². The summed E-state index contributed by atoms with van der Waals surface area (Å²) in [5.74, 6) is 0.291. The summed E-state index contributed by atoms with van der Waals surface area (Å²) < 4.78 is 5.49. The summed E-state index contributed by atoms with van der Waals surface area (Å²) >= 11 is 0. The number of fused-ring (bicyclic) bond motifs is 3. The van der Waals surface area contributed by atoms with Gasteiger partial charge in [0.15, 0.2) is 6.61 Å². The molecule has 3 heterocycles. The lowest BCUT2D eigenvalue weighted by Crippen LogP contribution is -2.48. The van der Waals surface area contributed by atoms with Crippen LogP contribution in [-0.2, 0) is 15.0 Å². The quantitative estimate of drug-likeness (QED) is 0.830. The summed E-state index contributed by atoms with van der Waals surface area (Å²) in [7, 11) is 1.68. The number of amides is 3. The van der Waals surface area contributed by atoms with Gasteiger partial charge >= 0.3 is 0 Å². The monoisotopic (exact) mass is 419 g/mol. The van der Waals surface area contributed by atoms with Crippen molar-refractivity contribution in [2.24, 2.45) is 0 Å². The fourth-order valence-electron chi connectivity index (χ4n) is 5.29. The van der Waals surface area contributed by atoms with Crippen molar-refractivity contribution < 1.29 is 19.1 Å². The largest absolute Gasteiger partial charge is 0.482 e. The molecule has 1 spiro atoms. The average molecular weight is 419 g/mol. The molecule has 7 nitrogen and oxygen atoms in total. The molecule has 1 fully saturated rings. The summed E-state index contributed by atoms with van der Waals surface area (Å²) in [6, 6.07) is 12.8. The minimum atomic E-state index is -0.716. The molecule has 5 rings (SSSR count). The van der Waals surface area contributed by atoms with Crippen LogP contribution in [0.25, 0.3) is 0 Å². The molecule has 2 aromatic carbocycles.